The van der Waals surface area contributed by atoms with Gasteiger partial charge in [-0.15, -0.1) is 0 Å². The Labute approximate surface area is 103 Å². The van der Waals surface area contributed by atoms with E-state index in [0.29, 0.717) is 21.7 Å². The quantitative estimate of drug-likeness (QED) is 0.706. The normalized spacial score (nSPS) is 14.4. The van der Waals surface area contributed by atoms with Crippen LogP contribution < -0.4 is 16.4 Å². The van der Waals surface area contributed by atoms with E-state index in [2.05, 4.69) is 15.6 Å². The maximum Gasteiger partial charge on any atom is 0.263 e. The lowest BCUT2D eigenvalue weighted by Gasteiger charge is -2.04. The van der Waals surface area contributed by atoms with Gasteiger partial charge in [0.15, 0.2) is 5.13 Å². The van der Waals surface area contributed by atoms with Gasteiger partial charge in [-0.05, 0) is 19.8 Å². The number of nitrogens with one attached hydrogen (secondary N) is 2. The third-order valence-electron chi connectivity index (χ3n) is 2.37. The van der Waals surface area contributed by atoms with Crippen LogP contribution >= 0.6 is 11.3 Å². The highest BCUT2D eigenvalue weighted by Crippen LogP contribution is 2.19. The third-order valence-corrected chi connectivity index (χ3v) is 3.36. The number of rotatable bonds is 4. The first-order chi connectivity index (χ1) is 8.06. The lowest BCUT2D eigenvalue weighted by atomic mass is 10.3. The van der Waals surface area contributed by atoms with E-state index in [4.69, 9.17) is 5.73 Å². The van der Waals surface area contributed by atoms with Gasteiger partial charge >= 0.3 is 0 Å². The number of thiazole rings is 1. The van der Waals surface area contributed by atoms with Crippen LogP contribution in [0, 0.1) is 6.92 Å². The van der Waals surface area contributed by atoms with E-state index in [9.17, 15) is 9.59 Å². The average molecular weight is 254 g/mol. The monoisotopic (exact) mass is 254 g/mol. The summed E-state index contributed by atoms with van der Waals surface area (Å²) < 4.78 is 0. The summed E-state index contributed by atoms with van der Waals surface area (Å²) in [6.07, 6.45) is 2.06. The van der Waals surface area contributed by atoms with Crippen molar-refractivity contribution in [3.63, 3.8) is 0 Å². The standard InChI is InChI=1S/C10H14N4O2S/c1-5-8(17-10(11)13-5)9(16)12-4-7(15)14-6-2-3-6/h6H,2-4H2,1H3,(H2,11,13)(H,12,16)(H,14,15). The smallest absolute Gasteiger partial charge is 0.263 e. The molecule has 1 aliphatic rings. The minimum Gasteiger partial charge on any atom is -0.375 e. The number of nitrogens with two attached hydrogens (primary N) is 1. The summed E-state index contributed by atoms with van der Waals surface area (Å²) in [4.78, 5) is 27.5. The number of aromatic nitrogens is 1. The molecule has 1 saturated carbocycles. The van der Waals surface area contributed by atoms with E-state index in [-0.39, 0.29) is 18.4 Å². The molecule has 4 N–H and O–H groups in total. The summed E-state index contributed by atoms with van der Waals surface area (Å²) in [6, 6.07) is 0.306. The average Bonchev–Trinajstić information content (AvgIpc) is 3.00. The van der Waals surface area contributed by atoms with Gasteiger partial charge in [-0.1, -0.05) is 11.3 Å². The zero-order valence-corrected chi connectivity index (χ0v) is 10.3. The van der Waals surface area contributed by atoms with Crippen LogP contribution in [0.15, 0.2) is 0 Å². The van der Waals surface area contributed by atoms with Crippen molar-refractivity contribution >= 4 is 28.3 Å². The minimum atomic E-state index is -0.303. The Morgan fingerprint density at radius 2 is 2.24 bits per heavy atom. The lowest BCUT2D eigenvalue weighted by Crippen LogP contribution is -2.37. The van der Waals surface area contributed by atoms with Crippen molar-refractivity contribution in [2.75, 3.05) is 12.3 Å². The SMILES string of the molecule is Cc1nc(N)sc1C(=O)NCC(=O)NC1CC1. The van der Waals surface area contributed by atoms with Crippen molar-refractivity contribution in [3.05, 3.63) is 10.6 Å². The van der Waals surface area contributed by atoms with Crippen molar-refractivity contribution in [2.24, 2.45) is 0 Å². The molecule has 1 aromatic rings. The van der Waals surface area contributed by atoms with Crippen molar-refractivity contribution in [2.45, 2.75) is 25.8 Å². The third kappa shape index (κ3) is 3.16. The number of carbonyl (C=O) groups excluding carboxylic acids is 2. The number of carbonyl (C=O) groups is 2. The van der Waals surface area contributed by atoms with Crippen molar-refractivity contribution < 1.29 is 9.59 Å². The van der Waals surface area contributed by atoms with Crippen LogP contribution in [0.3, 0.4) is 0 Å². The van der Waals surface area contributed by atoms with Crippen LogP contribution in [0.25, 0.3) is 0 Å². The van der Waals surface area contributed by atoms with Gasteiger partial charge in [0.05, 0.1) is 12.2 Å². The van der Waals surface area contributed by atoms with Crippen LogP contribution in [0.5, 0.6) is 0 Å². The van der Waals surface area contributed by atoms with Gasteiger partial charge in [0, 0.05) is 6.04 Å². The van der Waals surface area contributed by atoms with Crippen molar-refractivity contribution in [1.29, 1.82) is 0 Å². The molecular formula is C10H14N4O2S. The van der Waals surface area contributed by atoms with Crippen LogP contribution in [0.1, 0.15) is 28.2 Å². The van der Waals surface area contributed by atoms with Crippen LogP contribution in [0.2, 0.25) is 0 Å². The Morgan fingerprint density at radius 1 is 1.53 bits per heavy atom. The van der Waals surface area contributed by atoms with Crippen molar-refractivity contribution in [3.8, 4) is 0 Å². The summed E-state index contributed by atoms with van der Waals surface area (Å²) >= 11 is 1.12. The first-order valence-corrected chi connectivity index (χ1v) is 6.18. The van der Waals surface area contributed by atoms with E-state index in [0.717, 1.165) is 24.2 Å². The molecule has 1 heterocycles. The molecule has 1 aliphatic carbocycles. The predicted molar refractivity (Wildman–Crippen MR) is 64.8 cm³/mol. The molecule has 2 rings (SSSR count). The Kier molecular flexibility index (Phi) is 3.28. The number of hydrogen-bond acceptors (Lipinski definition) is 5. The molecule has 0 atom stereocenters. The van der Waals surface area contributed by atoms with Gasteiger partial charge in [0.25, 0.3) is 5.91 Å². The molecule has 0 bridgehead atoms. The van der Waals surface area contributed by atoms with Crippen LogP contribution in [-0.2, 0) is 4.79 Å². The molecule has 1 fully saturated rings. The Bertz CT molecular complexity index is 453. The minimum absolute atomic E-state index is 0.00736. The highest BCUT2D eigenvalue weighted by Gasteiger charge is 2.23. The summed E-state index contributed by atoms with van der Waals surface area (Å²) in [5, 5.41) is 5.70. The number of nitrogens with zero attached hydrogens (tertiary/aromatic N) is 1. The first kappa shape index (κ1) is 11.8. The molecule has 0 aromatic carbocycles. The Balaban J connectivity index is 1.84. The maximum absolute atomic E-state index is 11.7. The predicted octanol–water partition coefficient (Wildman–Crippen LogP) is 0.0421. The van der Waals surface area contributed by atoms with Crippen molar-refractivity contribution in [1.82, 2.24) is 15.6 Å². The van der Waals surface area contributed by atoms with E-state index in [1.807, 2.05) is 0 Å². The lowest BCUT2D eigenvalue weighted by molar-refractivity contribution is -0.120. The molecule has 2 amide bonds. The maximum atomic E-state index is 11.7. The number of nitrogen functional groups attached to an aromatic ring is 1. The zero-order valence-electron chi connectivity index (χ0n) is 9.45. The summed E-state index contributed by atoms with van der Waals surface area (Å²) in [5.74, 6) is -0.460. The molecular weight excluding hydrogens is 240 g/mol. The van der Waals surface area contributed by atoms with E-state index in [1.54, 1.807) is 6.92 Å². The number of amides is 2. The zero-order chi connectivity index (χ0) is 12.4. The van der Waals surface area contributed by atoms with Gasteiger partial charge < -0.3 is 16.4 Å². The molecule has 92 valence electrons. The number of aryl methyl sites for hydroxylation is 1. The largest absolute Gasteiger partial charge is 0.375 e. The fourth-order valence-electron chi connectivity index (χ4n) is 1.38. The molecule has 0 unspecified atom stereocenters. The molecule has 0 radical (unpaired) electrons. The highest BCUT2D eigenvalue weighted by molar-refractivity contribution is 7.17. The summed E-state index contributed by atoms with van der Waals surface area (Å²) in [5.41, 5.74) is 6.09. The van der Waals surface area contributed by atoms with E-state index in [1.165, 1.54) is 0 Å². The Morgan fingerprint density at radius 3 is 2.76 bits per heavy atom. The van der Waals surface area contributed by atoms with Crippen LogP contribution in [0.4, 0.5) is 5.13 Å². The molecule has 0 saturated heterocycles. The molecule has 7 heteroatoms. The molecule has 0 spiro atoms. The number of anilines is 1. The fraction of sp³-hybridized carbons (Fsp3) is 0.500. The summed E-state index contributed by atoms with van der Waals surface area (Å²) in [7, 11) is 0. The molecule has 1 aromatic heterocycles. The summed E-state index contributed by atoms with van der Waals surface area (Å²) in [6.45, 7) is 1.71. The first-order valence-electron chi connectivity index (χ1n) is 5.36. The number of hydrogen-bond donors (Lipinski definition) is 3. The highest BCUT2D eigenvalue weighted by atomic mass is 32.1. The topological polar surface area (TPSA) is 97.1 Å². The van der Waals surface area contributed by atoms with E-state index < -0.39 is 0 Å². The van der Waals surface area contributed by atoms with Gasteiger partial charge in [-0.25, -0.2) is 4.98 Å². The second-order valence-electron chi connectivity index (χ2n) is 3.99. The van der Waals surface area contributed by atoms with Gasteiger partial charge in [0.2, 0.25) is 5.91 Å². The fourth-order valence-corrected chi connectivity index (χ4v) is 2.13. The Hall–Kier alpha value is -1.63. The van der Waals surface area contributed by atoms with Crippen LogP contribution in [-0.4, -0.2) is 29.4 Å². The van der Waals surface area contributed by atoms with Gasteiger partial charge in [-0.3, -0.25) is 9.59 Å². The van der Waals surface area contributed by atoms with Gasteiger partial charge in [-0.2, -0.15) is 0 Å². The molecule has 0 aliphatic heterocycles. The molecule has 6 nitrogen and oxygen atoms in total. The molecule has 17 heavy (non-hydrogen) atoms. The second kappa shape index (κ2) is 4.70. The second-order valence-corrected chi connectivity index (χ2v) is 5.02. The van der Waals surface area contributed by atoms with E-state index >= 15 is 0 Å². The van der Waals surface area contributed by atoms with Gasteiger partial charge in [0.1, 0.15) is 4.88 Å².